The minimum absolute atomic E-state index is 0.0938. The predicted octanol–water partition coefficient (Wildman–Crippen LogP) is 4.61. The highest BCUT2D eigenvalue weighted by atomic mass is 35.5. The maximum atomic E-state index is 12.7. The highest BCUT2D eigenvalue weighted by molar-refractivity contribution is 6.49. The Morgan fingerprint density at radius 2 is 1.55 bits per heavy atom. The normalized spacial score (nSPS) is 13.5. The summed E-state index contributed by atoms with van der Waals surface area (Å²) < 4.78 is 0. The second-order valence-corrected chi connectivity index (χ2v) is 7.87. The van der Waals surface area contributed by atoms with E-state index in [-0.39, 0.29) is 28.1 Å². The van der Waals surface area contributed by atoms with Crippen LogP contribution in [-0.4, -0.2) is 41.9 Å². The summed E-state index contributed by atoms with van der Waals surface area (Å²) in [5.74, 6) is -0.521. The van der Waals surface area contributed by atoms with Crippen molar-refractivity contribution in [2.75, 3.05) is 19.6 Å². The summed E-state index contributed by atoms with van der Waals surface area (Å²) in [6.45, 7) is 7.47. The van der Waals surface area contributed by atoms with Crippen LogP contribution in [0.1, 0.15) is 63.3 Å². The van der Waals surface area contributed by atoms with Crippen LogP contribution in [-0.2, 0) is 6.54 Å². The van der Waals surface area contributed by atoms with E-state index in [2.05, 4.69) is 24.1 Å². The standard InChI is InChI=1S/C25H27ClN2O3/c1-3-28(4-2)15-7-10-21(29)18-13-11-17(12-14-18)16-27-23-22(26)24(30)19-8-5-6-9-20(19)25(23)31/h5-6,8-9,11-14,27H,3-4,7,10,15-16H2,1-2H3. The summed E-state index contributed by atoms with van der Waals surface area (Å²) in [5, 5.41) is 2.91. The van der Waals surface area contributed by atoms with Crippen molar-refractivity contribution in [1.29, 1.82) is 0 Å². The number of halogens is 1. The molecule has 0 radical (unpaired) electrons. The molecule has 2 aromatic carbocycles. The van der Waals surface area contributed by atoms with E-state index in [0.29, 0.717) is 29.7 Å². The largest absolute Gasteiger partial charge is 0.376 e. The SMILES string of the molecule is CCN(CC)CCCC(=O)c1ccc(CNC2=C(Cl)C(=O)c3ccccc3C2=O)cc1. The molecular weight excluding hydrogens is 412 g/mol. The molecule has 1 aliphatic carbocycles. The molecule has 5 nitrogen and oxygen atoms in total. The molecule has 0 bridgehead atoms. The van der Waals surface area contributed by atoms with Crippen molar-refractivity contribution >= 4 is 29.0 Å². The molecule has 3 rings (SSSR count). The molecule has 0 saturated heterocycles. The van der Waals surface area contributed by atoms with Crippen LogP contribution < -0.4 is 5.32 Å². The van der Waals surface area contributed by atoms with Gasteiger partial charge in [0.2, 0.25) is 11.6 Å². The first kappa shape index (κ1) is 22.9. The van der Waals surface area contributed by atoms with Crippen molar-refractivity contribution in [2.45, 2.75) is 33.2 Å². The monoisotopic (exact) mass is 438 g/mol. The van der Waals surface area contributed by atoms with Crippen LogP contribution >= 0.6 is 11.6 Å². The minimum atomic E-state index is -0.356. The number of ketones is 3. The first-order valence-corrected chi connectivity index (χ1v) is 11.0. The zero-order valence-corrected chi connectivity index (χ0v) is 18.7. The summed E-state index contributed by atoms with van der Waals surface area (Å²) >= 11 is 6.18. The van der Waals surface area contributed by atoms with Gasteiger partial charge in [0.1, 0.15) is 10.7 Å². The minimum Gasteiger partial charge on any atom is -0.376 e. The molecule has 0 spiro atoms. The number of hydrogen-bond acceptors (Lipinski definition) is 5. The third-order valence-electron chi connectivity index (χ3n) is 5.58. The lowest BCUT2D eigenvalue weighted by atomic mass is 9.92. The fraction of sp³-hybridized carbons (Fsp3) is 0.320. The van der Waals surface area contributed by atoms with Crippen LogP contribution in [0, 0.1) is 0 Å². The Kier molecular flexibility index (Phi) is 7.77. The molecule has 0 saturated carbocycles. The first-order chi connectivity index (χ1) is 15.0. The molecule has 31 heavy (non-hydrogen) atoms. The number of allylic oxidation sites excluding steroid dienone is 2. The zero-order chi connectivity index (χ0) is 22.4. The van der Waals surface area contributed by atoms with E-state index in [1.54, 1.807) is 36.4 Å². The molecule has 1 N–H and O–H groups in total. The molecular formula is C25H27ClN2O3. The number of carbonyl (C=O) groups is 3. The molecule has 0 aromatic heterocycles. The molecule has 2 aromatic rings. The molecule has 0 fully saturated rings. The molecule has 0 heterocycles. The van der Waals surface area contributed by atoms with Gasteiger partial charge in [-0.2, -0.15) is 0 Å². The lowest BCUT2D eigenvalue weighted by Gasteiger charge is -2.19. The van der Waals surface area contributed by atoms with E-state index < -0.39 is 0 Å². The van der Waals surface area contributed by atoms with E-state index in [1.165, 1.54) is 0 Å². The van der Waals surface area contributed by atoms with Crippen LogP contribution in [0.5, 0.6) is 0 Å². The van der Waals surface area contributed by atoms with E-state index in [9.17, 15) is 14.4 Å². The van der Waals surface area contributed by atoms with E-state index >= 15 is 0 Å². The van der Waals surface area contributed by atoms with Gasteiger partial charge >= 0.3 is 0 Å². The molecule has 0 amide bonds. The van der Waals surface area contributed by atoms with Gasteiger partial charge in [-0.25, -0.2) is 0 Å². The summed E-state index contributed by atoms with van der Waals surface area (Å²) in [5.41, 5.74) is 2.35. The maximum absolute atomic E-state index is 12.7. The molecule has 0 atom stereocenters. The zero-order valence-electron chi connectivity index (χ0n) is 17.9. The topological polar surface area (TPSA) is 66.5 Å². The Hall–Kier alpha value is -2.76. The number of Topliss-reactive ketones (excluding diaryl/α,β-unsaturated/α-hetero) is 3. The van der Waals surface area contributed by atoms with Crippen molar-refractivity contribution in [3.63, 3.8) is 0 Å². The highest BCUT2D eigenvalue weighted by Crippen LogP contribution is 2.27. The van der Waals surface area contributed by atoms with Crippen LogP contribution in [0.2, 0.25) is 0 Å². The number of rotatable bonds is 10. The van der Waals surface area contributed by atoms with Crippen LogP contribution in [0.4, 0.5) is 0 Å². The number of nitrogens with one attached hydrogen (secondary N) is 1. The average Bonchev–Trinajstić information content (AvgIpc) is 2.80. The molecule has 0 unspecified atom stereocenters. The number of benzene rings is 2. The second kappa shape index (κ2) is 10.5. The number of fused-ring (bicyclic) bond motifs is 1. The Balaban J connectivity index is 1.59. The summed E-state index contributed by atoms with van der Waals surface area (Å²) in [4.78, 5) is 39.9. The molecule has 162 valence electrons. The van der Waals surface area contributed by atoms with Gasteiger partial charge in [-0.3, -0.25) is 14.4 Å². The van der Waals surface area contributed by atoms with Crippen LogP contribution in [0.25, 0.3) is 0 Å². The van der Waals surface area contributed by atoms with Gasteiger partial charge in [-0.05, 0) is 31.6 Å². The average molecular weight is 439 g/mol. The lowest BCUT2D eigenvalue weighted by Crippen LogP contribution is -2.28. The van der Waals surface area contributed by atoms with Crippen LogP contribution in [0.3, 0.4) is 0 Å². The van der Waals surface area contributed by atoms with Gasteiger partial charge in [-0.1, -0.05) is 74.0 Å². The second-order valence-electron chi connectivity index (χ2n) is 7.50. The summed E-state index contributed by atoms with van der Waals surface area (Å²) in [6.07, 6.45) is 1.36. The molecule has 6 heteroatoms. The van der Waals surface area contributed by atoms with Gasteiger partial charge in [0.15, 0.2) is 5.78 Å². The van der Waals surface area contributed by atoms with E-state index in [0.717, 1.165) is 31.6 Å². The Labute approximate surface area is 188 Å². The van der Waals surface area contributed by atoms with Gasteiger partial charge in [0, 0.05) is 29.7 Å². The third kappa shape index (κ3) is 5.30. The van der Waals surface area contributed by atoms with Gasteiger partial charge in [0.25, 0.3) is 0 Å². The Morgan fingerprint density at radius 1 is 0.935 bits per heavy atom. The quantitative estimate of drug-likeness (QED) is 0.548. The predicted molar refractivity (Wildman–Crippen MR) is 123 cm³/mol. The number of nitrogens with zero attached hydrogens (tertiary/aromatic N) is 1. The van der Waals surface area contributed by atoms with Crippen molar-refractivity contribution in [1.82, 2.24) is 10.2 Å². The smallest absolute Gasteiger partial charge is 0.211 e. The van der Waals surface area contributed by atoms with Crippen molar-refractivity contribution in [3.8, 4) is 0 Å². The first-order valence-electron chi connectivity index (χ1n) is 10.6. The summed E-state index contributed by atoms with van der Waals surface area (Å²) in [6, 6.07) is 14.0. The maximum Gasteiger partial charge on any atom is 0.211 e. The van der Waals surface area contributed by atoms with Crippen molar-refractivity contribution in [3.05, 3.63) is 81.5 Å². The Bertz CT molecular complexity index is 1010. The highest BCUT2D eigenvalue weighted by Gasteiger charge is 2.30. The van der Waals surface area contributed by atoms with Gasteiger partial charge < -0.3 is 10.2 Å². The molecule has 1 aliphatic rings. The lowest BCUT2D eigenvalue weighted by molar-refractivity contribution is 0.0974. The van der Waals surface area contributed by atoms with E-state index in [4.69, 9.17) is 11.6 Å². The van der Waals surface area contributed by atoms with Crippen molar-refractivity contribution < 1.29 is 14.4 Å². The van der Waals surface area contributed by atoms with Crippen molar-refractivity contribution in [2.24, 2.45) is 0 Å². The van der Waals surface area contributed by atoms with Gasteiger partial charge in [-0.15, -0.1) is 0 Å². The van der Waals surface area contributed by atoms with E-state index in [1.807, 2.05) is 12.1 Å². The van der Waals surface area contributed by atoms with Gasteiger partial charge in [0.05, 0.1) is 0 Å². The summed E-state index contributed by atoms with van der Waals surface area (Å²) in [7, 11) is 0. The number of hydrogen-bond donors (Lipinski definition) is 1. The van der Waals surface area contributed by atoms with Crippen LogP contribution in [0.15, 0.2) is 59.3 Å². The Morgan fingerprint density at radius 3 is 2.16 bits per heavy atom. The third-order valence-corrected chi connectivity index (χ3v) is 5.94. The fourth-order valence-electron chi connectivity index (χ4n) is 3.65. The fourth-order valence-corrected chi connectivity index (χ4v) is 3.90. The molecule has 0 aliphatic heterocycles. The number of carbonyl (C=O) groups excluding carboxylic acids is 3.